The summed E-state index contributed by atoms with van der Waals surface area (Å²) < 4.78 is 0. The lowest BCUT2D eigenvalue weighted by atomic mass is 10.1. The molecule has 1 aromatic heterocycles. The normalized spacial score (nSPS) is 10.5. The van der Waals surface area contributed by atoms with Gasteiger partial charge in [0.05, 0.1) is 15.9 Å². The molecule has 0 bridgehead atoms. The second-order valence-corrected chi connectivity index (χ2v) is 6.39. The lowest BCUT2D eigenvalue weighted by Crippen LogP contribution is -1.98. The summed E-state index contributed by atoms with van der Waals surface area (Å²) in [5.41, 5.74) is 3.24. The molecule has 0 aliphatic heterocycles. The molecule has 0 aliphatic carbocycles. The number of nitro benzene ring substituents is 1. The summed E-state index contributed by atoms with van der Waals surface area (Å²) in [6, 6.07) is 13.6. The van der Waals surface area contributed by atoms with Crippen LogP contribution in [0, 0.1) is 10.1 Å². The minimum absolute atomic E-state index is 0.0345. The van der Waals surface area contributed by atoms with Gasteiger partial charge in [-0.25, -0.2) is 4.98 Å². The number of alkyl halides is 1. The van der Waals surface area contributed by atoms with Crippen molar-refractivity contribution in [2.45, 2.75) is 0 Å². The van der Waals surface area contributed by atoms with Crippen LogP contribution in [0.4, 0.5) is 5.69 Å². The van der Waals surface area contributed by atoms with Crippen molar-refractivity contribution in [2.75, 3.05) is 5.33 Å². The molecule has 5 nitrogen and oxygen atoms in total. The molecule has 0 atom stereocenters. The van der Waals surface area contributed by atoms with Crippen LogP contribution in [-0.2, 0) is 0 Å². The Morgan fingerprint density at radius 3 is 2.29 bits per heavy atom. The molecule has 0 fully saturated rings. The molecule has 3 rings (SSSR count). The van der Waals surface area contributed by atoms with Gasteiger partial charge in [0.2, 0.25) is 0 Å². The molecule has 0 saturated heterocycles. The third-order valence-corrected chi connectivity index (χ3v) is 4.85. The zero-order valence-electron chi connectivity index (χ0n) is 12.3. The van der Waals surface area contributed by atoms with Crippen molar-refractivity contribution >= 4 is 38.7 Å². The molecule has 1 heterocycles. The van der Waals surface area contributed by atoms with E-state index in [2.05, 4.69) is 20.9 Å². The number of benzene rings is 2. The van der Waals surface area contributed by atoms with Crippen LogP contribution in [0.5, 0.6) is 0 Å². The number of carbonyl (C=O) groups is 1. The number of hydrogen-bond acceptors (Lipinski definition) is 5. The highest BCUT2D eigenvalue weighted by molar-refractivity contribution is 9.09. The number of nitrogens with zero attached hydrogens (tertiary/aromatic N) is 2. The van der Waals surface area contributed by atoms with Crippen molar-refractivity contribution in [1.29, 1.82) is 0 Å². The predicted octanol–water partition coefficient (Wildman–Crippen LogP) is 4.96. The third kappa shape index (κ3) is 3.42. The van der Waals surface area contributed by atoms with Crippen LogP contribution in [0.15, 0.2) is 53.9 Å². The fourth-order valence-electron chi connectivity index (χ4n) is 2.17. The van der Waals surface area contributed by atoms with Gasteiger partial charge in [0.15, 0.2) is 5.78 Å². The number of rotatable bonds is 5. The van der Waals surface area contributed by atoms with Gasteiger partial charge in [-0.05, 0) is 12.1 Å². The number of non-ortho nitro benzene ring substituents is 1. The van der Waals surface area contributed by atoms with Crippen LogP contribution in [-0.4, -0.2) is 21.0 Å². The second kappa shape index (κ2) is 7.02. The number of hydrogen-bond donors (Lipinski definition) is 0. The molecular weight excluding hydrogens is 392 g/mol. The summed E-state index contributed by atoms with van der Waals surface area (Å²) in [6.07, 6.45) is 0. The molecule has 24 heavy (non-hydrogen) atoms. The fourth-order valence-corrected chi connectivity index (χ4v) is 3.33. The fraction of sp³-hybridized carbons (Fsp3) is 0.0588. The minimum Gasteiger partial charge on any atom is -0.293 e. The first-order valence-electron chi connectivity index (χ1n) is 6.98. The van der Waals surface area contributed by atoms with Crippen LogP contribution >= 0.6 is 27.3 Å². The van der Waals surface area contributed by atoms with Crippen LogP contribution in [0.2, 0.25) is 0 Å². The third-order valence-electron chi connectivity index (χ3n) is 3.45. The van der Waals surface area contributed by atoms with Gasteiger partial charge in [0.1, 0.15) is 5.01 Å². The zero-order chi connectivity index (χ0) is 17.1. The largest absolute Gasteiger partial charge is 0.293 e. The molecule has 120 valence electrons. The molecule has 2 aromatic carbocycles. The number of aromatic nitrogens is 1. The molecular formula is C17H11BrN2O3S. The van der Waals surface area contributed by atoms with Crippen LogP contribution in [0.3, 0.4) is 0 Å². The van der Waals surface area contributed by atoms with E-state index in [0.29, 0.717) is 10.9 Å². The molecule has 0 aliphatic rings. The van der Waals surface area contributed by atoms with Gasteiger partial charge in [0, 0.05) is 34.2 Å². The van der Waals surface area contributed by atoms with Crippen molar-refractivity contribution in [1.82, 2.24) is 4.98 Å². The zero-order valence-corrected chi connectivity index (χ0v) is 14.7. The standard InChI is InChI=1S/C17H11BrN2O3S/c18-9-16(21)12-1-3-13(4-2-12)17-19-15(10-24-17)11-5-7-14(8-6-11)20(22)23/h1-8,10H,9H2. The maximum absolute atomic E-state index is 11.6. The topological polar surface area (TPSA) is 73.1 Å². The Labute approximate surface area is 150 Å². The van der Waals surface area contributed by atoms with Gasteiger partial charge in [-0.1, -0.05) is 40.2 Å². The first kappa shape index (κ1) is 16.5. The van der Waals surface area contributed by atoms with Crippen LogP contribution in [0.1, 0.15) is 10.4 Å². The van der Waals surface area contributed by atoms with Crippen LogP contribution in [0.25, 0.3) is 21.8 Å². The molecule has 0 unspecified atom stereocenters. The van der Waals surface area contributed by atoms with Gasteiger partial charge < -0.3 is 0 Å². The van der Waals surface area contributed by atoms with E-state index in [0.717, 1.165) is 21.8 Å². The van der Waals surface area contributed by atoms with Crippen molar-refractivity contribution in [3.63, 3.8) is 0 Å². The molecule has 0 radical (unpaired) electrons. The Morgan fingerprint density at radius 1 is 1.08 bits per heavy atom. The molecule has 7 heteroatoms. The number of thiazole rings is 1. The SMILES string of the molecule is O=C(CBr)c1ccc(-c2nc(-c3ccc([N+](=O)[O-])cc3)cs2)cc1. The summed E-state index contributed by atoms with van der Waals surface area (Å²) in [6.45, 7) is 0. The Balaban J connectivity index is 1.85. The Morgan fingerprint density at radius 2 is 1.71 bits per heavy atom. The summed E-state index contributed by atoms with van der Waals surface area (Å²) in [4.78, 5) is 26.5. The average Bonchev–Trinajstić information content (AvgIpc) is 3.11. The van der Waals surface area contributed by atoms with E-state index in [1.807, 2.05) is 17.5 Å². The summed E-state index contributed by atoms with van der Waals surface area (Å²) >= 11 is 4.64. The maximum Gasteiger partial charge on any atom is 0.269 e. The van der Waals surface area contributed by atoms with Gasteiger partial charge >= 0.3 is 0 Å². The van der Waals surface area contributed by atoms with E-state index in [1.165, 1.54) is 23.5 Å². The van der Waals surface area contributed by atoms with E-state index in [-0.39, 0.29) is 11.5 Å². The van der Waals surface area contributed by atoms with Crippen molar-refractivity contribution in [3.8, 4) is 21.8 Å². The van der Waals surface area contributed by atoms with E-state index in [1.54, 1.807) is 24.3 Å². The van der Waals surface area contributed by atoms with Crippen LogP contribution < -0.4 is 0 Å². The lowest BCUT2D eigenvalue weighted by Gasteiger charge is -2.00. The van der Waals surface area contributed by atoms with Crippen molar-refractivity contribution in [2.24, 2.45) is 0 Å². The van der Waals surface area contributed by atoms with Gasteiger partial charge in [0.25, 0.3) is 5.69 Å². The number of halogens is 1. The number of carbonyl (C=O) groups excluding carboxylic acids is 1. The van der Waals surface area contributed by atoms with Gasteiger partial charge in [-0.3, -0.25) is 14.9 Å². The first-order chi connectivity index (χ1) is 11.6. The lowest BCUT2D eigenvalue weighted by molar-refractivity contribution is -0.384. The number of ketones is 1. The molecule has 0 amide bonds. The number of Topliss-reactive ketones (excluding diaryl/α,β-unsaturated/α-hetero) is 1. The summed E-state index contributed by atoms with van der Waals surface area (Å²) in [5.74, 6) is 0.0345. The smallest absolute Gasteiger partial charge is 0.269 e. The highest BCUT2D eigenvalue weighted by Crippen LogP contribution is 2.30. The van der Waals surface area contributed by atoms with E-state index >= 15 is 0 Å². The quantitative estimate of drug-likeness (QED) is 0.261. The minimum atomic E-state index is -0.425. The Kier molecular flexibility index (Phi) is 4.82. The van der Waals surface area contributed by atoms with Gasteiger partial charge in [-0.15, -0.1) is 11.3 Å². The second-order valence-electron chi connectivity index (χ2n) is 4.98. The molecule has 0 saturated carbocycles. The Hall–Kier alpha value is -2.38. The monoisotopic (exact) mass is 402 g/mol. The molecule has 0 N–H and O–H groups in total. The maximum atomic E-state index is 11.6. The number of nitro groups is 1. The van der Waals surface area contributed by atoms with Gasteiger partial charge in [-0.2, -0.15) is 0 Å². The van der Waals surface area contributed by atoms with E-state index < -0.39 is 4.92 Å². The summed E-state index contributed by atoms with van der Waals surface area (Å²) in [7, 11) is 0. The predicted molar refractivity (Wildman–Crippen MR) is 97.8 cm³/mol. The van der Waals surface area contributed by atoms with Crippen molar-refractivity contribution < 1.29 is 9.72 Å². The van der Waals surface area contributed by atoms with E-state index in [4.69, 9.17) is 0 Å². The highest BCUT2D eigenvalue weighted by Gasteiger charge is 2.10. The highest BCUT2D eigenvalue weighted by atomic mass is 79.9. The Bertz CT molecular complexity index is 889. The average molecular weight is 403 g/mol. The molecule has 0 spiro atoms. The van der Waals surface area contributed by atoms with Crippen molar-refractivity contribution in [3.05, 3.63) is 69.6 Å². The first-order valence-corrected chi connectivity index (χ1v) is 8.98. The summed E-state index contributed by atoms with van der Waals surface area (Å²) in [5, 5.41) is 13.7. The van der Waals surface area contributed by atoms with E-state index in [9.17, 15) is 14.9 Å². The molecule has 3 aromatic rings.